The number of hydrogen-bond acceptors (Lipinski definition) is 5. The van der Waals surface area contributed by atoms with Gasteiger partial charge in [0, 0.05) is 17.6 Å². The first-order valence-corrected chi connectivity index (χ1v) is 11.3. The molecule has 7 nitrogen and oxygen atoms in total. The number of benzene rings is 3. The molecule has 0 fully saturated rings. The number of carbonyl (C=O) groups is 1. The lowest BCUT2D eigenvalue weighted by Crippen LogP contribution is -2.31. The maximum Gasteiger partial charge on any atom is 0.418 e. The number of amides is 2. The van der Waals surface area contributed by atoms with Gasteiger partial charge in [-0.15, -0.1) is 0 Å². The number of pyridine rings is 1. The van der Waals surface area contributed by atoms with Gasteiger partial charge in [-0.05, 0) is 55.0 Å². The molecule has 0 radical (unpaired) electrons. The fourth-order valence-corrected chi connectivity index (χ4v) is 3.78. The summed E-state index contributed by atoms with van der Waals surface area (Å²) in [6.07, 6.45) is -3.34. The van der Waals surface area contributed by atoms with E-state index in [1.54, 1.807) is 19.1 Å². The molecule has 4 rings (SSSR count). The van der Waals surface area contributed by atoms with Crippen molar-refractivity contribution in [2.24, 2.45) is 0 Å². The topological polar surface area (TPSA) is 81.7 Å². The summed E-state index contributed by atoms with van der Waals surface area (Å²) in [5.74, 6) is 0.530. The molecule has 0 aliphatic rings. The van der Waals surface area contributed by atoms with E-state index in [-0.39, 0.29) is 11.5 Å². The third-order valence-corrected chi connectivity index (χ3v) is 5.70. The summed E-state index contributed by atoms with van der Waals surface area (Å²) < 4.78 is 71.3. The van der Waals surface area contributed by atoms with Crippen LogP contribution >= 0.6 is 0 Å². The lowest BCUT2D eigenvalue weighted by Gasteiger charge is -2.18. The molecular formula is C27H23F4N3O4. The van der Waals surface area contributed by atoms with Gasteiger partial charge in [0.15, 0.2) is 11.5 Å². The van der Waals surface area contributed by atoms with Gasteiger partial charge in [-0.25, -0.2) is 9.18 Å². The summed E-state index contributed by atoms with van der Waals surface area (Å²) in [6, 6.07) is 11.9. The normalized spacial score (nSPS) is 12.1. The number of alkyl halides is 3. The molecule has 0 aliphatic carbocycles. The number of aromatic nitrogens is 1. The minimum absolute atomic E-state index is 0.106. The lowest BCUT2D eigenvalue weighted by atomic mass is 10.1. The molecule has 198 valence electrons. The van der Waals surface area contributed by atoms with Gasteiger partial charge in [-0.1, -0.05) is 12.1 Å². The van der Waals surface area contributed by atoms with E-state index in [9.17, 15) is 22.4 Å². The Morgan fingerprint density at radius 1 is 0.921 bits per heavy atom. The van der Waals surface area contributed by atoms with E-state index in [2.05, 4.69) is 15.6 Å². The lowest BCUT2D eigenvalue weighted by molar-refractivity contribution is -0.137. The van der Waals surface area contributed by atoms with E-state index in [4.69, 9.17) is 14.2 Å². The number of rotatable bonds is 7. The summed E-state index contributed by atoms with van der Waals surface area (Å²) in [4.78, 5) is 16.7. The molecule has 11 heteroatoms. The van der Waals surface area contributed by atoms with Gasteiger partial charge in [-0.3, -0.25) is 4.98 Å². The predicted molar refractivity (Wildman–Crippen MR) is 133 cm³/mol. The molecule has 2 amide bonds. The van der Waals surface area contributed by atoms with E-state index >= 15 is 0 Å². The number of nitrogens with zero attached hydrogens (tertiary/aromatic N) is 1. The fraction of sp³-hybridized carbons (Fsp3) is 0.185. The van der Waals surface area contributed by atoms with Crippen LogP contribution in [0.4, 0.5) is 28.0 Å². The fourth-order valence-electron chi connectivity index (χ4n) is 3.78. The maximum atomic E-state index is 13.9. The second-order valence-corrected chi connectivity index (χ2v) is 8.21. The van der Waals surface area contributed by atoms with Crippen molar-refractivity contribution in [2.45, 2.75) is 19.1 Å². The third-order valence-electron chi connectivity index (χ3n) is 5.70. The molecule has 1 unspecified atom stereocenters. The van der Waals surface area contributed by atoms with Crippen molar-refractivity contribution in [1.29, 1.82) is 0 Å². The van der Waals surface area contributed by atoms with Gasteiger partial charge >= 0.3 is 12.2 Å². The molecule has 1 atom stereocenters. The molecule has 0 bridgehead atoms. The van der Waals surface area contributed by atoms with Crippen molar-refractivity contribution in [3.05, 3.63) is 83.8 Å². The average molecular weight is 529 g/mol. The van der Waals surface area contributed by atoms with Crippen LogP contribution in [0, 0.1) is 5.82 Å². The Balaban J connectivity index is 1.59. The first kappa shape index (κ1) is 26.5. The Morgan fingerprint density at radius 3 is 2.26 bits per heavy atom. The average Bonchev–Trinajstić information content (AvgIpc) is 2.88. The molecule has 0 spiro atoms. The number of anilines is 1. The van der Waals surface area contributed by atoms with Crippen molar-refractivity contribution in [3.63, 3.8) is 0 Å². The second kappa shape index (κ2) is 10.8. The monoisotopic (exact) mass is 529 g/mol. The number of urea groups is 1. The summed E-state index contributed by atoms with van der Waals surface area (Å²) in [5, 5.41) is 5.27. The van der Waals surface area contributed by atoms with Crippen LogP contribution in [0.25, 0.3) is 10.9 Å². The molecule has 3 aromatic carbocycles. The Labute approximate surface area is 215 Å². The van der Waals surface area contributed by atoms with Gasteiger partial charge < -0.3 is 24.8 Å². The number of methoxy groups -OCH3 is 2. The highest BCUT2D eigenvalue weighted by molar-refractivity contribution is 5.91. The standard InChI is InChI=1S/C27H23F4N3O4/c1-15(16-4-6-17(28)7-5-16)33-26(35)34-21-9-8-18(12-20(21)27(29,30)31)38-23-10-11-32-22-14-25(37-3)24(36-2)13-19(22)23/h4-15H,1-3H3,(H2,33,34,35). The van der Waals surface area contributed by atoms with Crippen LogP contribution in [0.15, 0.2) is 66.9 Å². The van der Waals surface area contributed by atoms with Gasteiger partial charge in [0.05, 0.1) is 37.0 Å². The molecule has 2 N–H and O–H groups in total. The molecule has 38 heavy (non-hydrogen) atoms. The highest BCUT2D eigenvalue weighted by Gasteiger charge is 2.35. The molecule has 0 aliphatic heterocycles. The van der Waals surface area contributed by atoms with Crippen LogP contribution in [0.5, 0.6) is 23.0 Å². The van der Waals surface area contributed by atoms with Gasteiger partial charge in [0.1, 0.15) is 17.3 Å². The number of ether oxygens (including phenoxy) is 3. The van der Waals surface area contributed by atoms with Crippen LogP contribution in [0.1, 0.15) is 24.1 Å². The minimum atomic E-state index is -4.79. The van der Waals surface area contributed by atoms with Crippen molar-refractivity contribution in [1.82, 2.24) is 10.3 Å². The Morgan fingerprint density at radius 2 is 1.61 bits per heavy atom. The molecule has 0 saturated carbocycles. The predicted octanol–water partition coefficient (Wildman–Crippen LogP) is 7.08. The molecule has 1 heterocycles. The van der Waals surface area contributed by atoms with Crippen LogP contribution in [0.3, 0.4) is 0 Å². The van der Waals surface area contributed by atoms with Gasteiger partial charge in [0.25, 0.3) is 0 Å². The molecule has 0 saturated heterocycles. The minimum Gasteiger partial charge on any atom is -0.493 e. The van der Waals surface area contributed by atoms with Gasteiger partial charge in [0.2, 0.25) is 0 Å². The zero-order chi connectivity index (χ0) is 27.4. The van der Waals surface area contributed by atoms with Crippen molar-refractivity contribution >= 4 is 22.6 Å². The summed E-state index contributed by atoms with van der Waals surface area (Å²) >= 11 is 0. The van der Waals surface area contributed by atoms with Crippen molar-refractivity contribution in [3.8, 4) is 23.0 Å². The summed E-state index contributed by atoms with van der Waals surface area (Å²) in [7, 11) is 2.93. The number of nitrogens with one attached hydrogen (secondary N) is 2. The first-order valence-electron chi connectivity index (χ1n) is 11.3. The SMILES string of the molecule is COc1cc2nccc(Oc3ccc(NC(=O)NC(C)c4ccc(F)cc4)c(C(F)(F)F)c3)c2cc1OC. The molecular weight excluding hydrogens is 506 g/mol. The Hall–Kier alpha value is -4.54. The largest absolute Gasteiger partial charge is 0.493 e. The Bertz CT molecular complexity index is 1460. The van der Waals surface area contributed by atoms with Gasteiger partial charge in [-0.2, -0.15) is 13.2 Å². The third kappa shape index (κ3) is 5.88. The van der Waals surface area contributed by atoms with E-state index in [0.29, 0.717) is 28.0 Å². The molecule has 1 aromatic heterocycles. The summed E-state index contributed by atoms with van der Waals surface area (Å²) in [6.45, 7) is 1.62. The smallest absolute Gasteiger partial charge is 0.418 e. The zero-order valence-electron chi connectivity index (χ0n) is 20.5. The van der Waals surface area contributed by atoms with E-state index in [0.717, 1.165) is 12.1 Å². The van der Waals surface area contributed by atoms with E-state index < -0.39 is 35.3 Å². The zero-order valence-corrected chi connectivity index (χ0v) is 20.5. The Kier molecular flexibility index (Phi) is 7.56. The van der Waals surface area contributed by atoms with Crippen molar-refractivity contribution in [2.75, 3.05) is 19.5 Å². The van der Waals surface area contributed by atoms with Crippen LogP contribution in [0.2, 0.25) is 0 Å². The number of fused-ring (bicyclic) bond motifs is 1. The molecule has 4 aromatic rings. The highest BCUT2D eigenvalue weighted by atomic mass is 19.4. The maximum absolute atomic E-state index is 13.9. The van der Waals surface area contributed by atoms with Crippen LogP contribution < -0.4 is 24.8 Å². The number of hydrogen-bond donors (Lipinski definition) is 2. The van der Waals surface area contributed by atoms with E-state index in [1.165, 1.54) is 56.8 Å². The number of carbonyl (C=O) groups excluding carboxylic acids is 1. The van der Waals surface area contributed by atoms with Crippen LogP contribution in [-0.4, -0.2) is 25.2 Å². The first-order chi connectivity index (χ1) is 18.1. The second-order valence-electron chi connectivity index (χ2n) is 8.21. The van der Waals surface area contributed by atoms with Crippen molar-refractivity contribution < 1.29 is 36.6 Å². The van der Waals surface area contributed by atoms with Crippen LogP contribution in [-0.2, 0) is 6.18 Å². The summed E-state index contributed by atoms with van der Waals surface area (Å²) in [5.41, 5.74) is -0.488. The van der Waals surface area contributed by atoms with E-state index in [1.807, 2.05) is 0 Å². The quantitative estimate of drug-likeness (QED) is 0.250. The number of halogens is 4. The highest BCUT2D eigenvalue weighted by Crippen LogP contribution is 2.40.